The number of aryl methyl sites for hydroxylation is 3. The monoisotopic (exact) mass is 330 g/mol. The molecule has 2 amide bonds. The molecule has 0 saturated carbocycles. The van der Waals surface area contributed by atoms with E-state index in [0.29, 0.717) is 5.02 Å². The highest BCUT2D eigenvalue weighted by Gasteiger charge is 2.18. The number of rotatable bonds is 3. The molecule has 2 aromatic rings. The molecule has 23 heavy (non-hydrogen) atoms. The van der Waals surface area contributed by atoms with Crippen LogP contribution in [0.25, 0.3) is 0 Å². The lowest BCUT2D eigenvalue weighted by molar-refractivity contribution is 0.208. The van der Waals surface area contributed by atoms with Crippen LogP contribution in [0.5, 0.6) is 0 Å². The van der Waals surface area contributed by atoms with Gasteiger partial charge in [-0.05, 0) is 56.5 Å². The van der Waals surface area contributed by atoms with Crippen LogP contribution in [0.15, 0.2) is 36.4 Å². The number of urea groups is 1. The summed E-state index contributed by atoms with van der Waals surface area (Å²) in [6.07, 6.45) is 0. The van der Waals surface area contributed by atoms with E-state index in [9.17, 15) is 4.79 Å². The summed E-state index contributed by atoms with van der Waals surface area (Å²) < 4.78 is 0. The van der Waals surface area contributed by atoms with E-state index in [1.54, 1.807) is 11.9 Å². The lowest BCUT2D eigenvalue weighted by Crippen LogP contribution is -2.34. The minimum absolute atomic E-state index is 0.0432. The van der Waals surface area contributed by atoms with Crippen molar-refractivity contribution in [3.05, 3.63) is 63.7 Å². The van der Waals surface area contributed by atoms with Gasteiger partial charge in [-0.25, -0.2) is 4.79 Å². The molecule has 0 unspecified atom stereocenters. The summed E-state index contributed by atoms with van der Waals surface area (Å²) >= 11 is 5.92. The standard InChI is InChI=1S/C19H23ClN2O/c1-12-10-13(2)18(14(3)11-12)21-19(23)22(5)15(4)16-6-8-17(20)9-7-16/h6-11,15H,1-5H3,(H,21,23)/t15-/m0/s1. The molecule has 122 valence electrons. The summed E-state index contributed by atoms with van der Waals surface area (Å²) in [5.41, 5.74) is 5.27. The Balaban J connectivity index is 2.15. The minimum atomic E-state index is -0.123. The van der Waals surface area contributed by atoms with Crippen molar-refractivity contribution in [2.45, 2.75) is 33.7 Å². The van der Waals surface area contributed by atoms with Gasteiger partial charge in [0.15, 0.2) is 0 Å². The van der Waals surface area contributed by atoms with Crippen LogP contribution in [0, 0.1) is 20.8 Å². The van der Waals surface area contributed by atoms with Crippen molar-refractivity contribution >= 4 is 23.3 Å². The van der Waals surface area contributed by atoms with Crippen LogP contribution in [0.3, 0.4) is 0 Å². The molecular formula is C19H23ClN2O. The summed E-state index contributed by atoms with van der Waals surface area (Å²) in [7, 11) is 1.80. The third kappa shape index (κ3) is 4.05. The molecular weight excluding hydrogens is 308 g/mol. The maximum Gasteiger partial charge on any atom is 0.322 e. The molecule has 1 atom stereocenters. The van der Waals surface area contributed by atoms with Crippen molar-refractivity contribution in [1.82, 2.24) is 4.90 Å². The van der Waals surface area contributed by atoms with Crippen LogP contribution in [-0.2, 0) is 0 Å². The first-order valence-electron chi connectivity index (χ1n) is 7.66. The Morgan fingerprint density at radius 3 is 2.13 bits per heavy atom. The highest BCUT2D eigenvalue weighted by Crippen LogP contribution is 2.25. The van der Waals surface area contributed by atoms with Gasteiger partial charge in [0.05, 0.1) is 6.04 Å². The van der Waals surface area contributed by atoms with E-state index in [4.69, 9.17) is 11.6 Å². The highest BCUT2D eigenvalue weighted by atomic mass is 35.5. The summed E-state index contributed by atoms with van der Waals surface area (Å²) in [6, 6.07) is 11.6. The highest BCUT2D eigenvalue weighted by molar-refractivity contribution is 6.30. The summed E-state index contributed by atoms with van der Waals surface area (Å²) in [4.78, 5) is 14.3. The molecule has 3 nitrogen and oxygen atoms in total. The zero-order valence-corrected chi connectivity index (χ0v) is 15.0. The van der Waals surface area contributed by atoms with E-state index in [1.807, 2.05) is 45.0 Å². The topological polar surface area (TPSA) is 32.3 Å². The summed E-state index contributed by atoms with van der Waals surface area (Å²) in [6.45, 7) is 8.08. The van der Waals surface area contributed by atoms with Gasteiger partial charge in [0.1, 0.15) is 0 Å². The molecule has 0 aliphatic carbocycles. The molecule has 2 aromatic carbocycles. The average Bonchev–Trinajstić information content (AvgIpc) is 2.50. The quantitative estimate of drug-likeness (QED) is 0.792. The number of amides is 2. The van der Waals surface area contributed by atoms with Gasteiger partial charge in [-0.15, -0.1) is 0 Å². The lowest BCUT2D eigenvalue weighted by Gasteiger charge is -2.26. The van der Waals surface area contributed by atoms with Crippen LogP contribution < -0.4 is 5.32 Å². The number of hydrogen-bond acceptors (Lipinski definition) is 1. The molecule has 0 radical (unpaired) electrons. The normalized spacial score (nSPS) is 11.9. The fourth-order valence-corrected chi connectivity index (χ4v) is 2.84. The lowest BCUT2D eigenvalue weighted by atomic mass is 10.1. The van der Waals surface area contributed by atoms with Gasteiger partial charge < -0.3 is 10.2 Å². The zero-order chi connectivity index (χ0) is 17.1. The first-order valence-corrected chi connectivity index (χ1v) is 8.04. The fourth-order valence-electron chi connectivity index (χ4n) is 2.71. The number of carbonyl (C=O) groups excluding carboxylic acids is 1. The van der Waals surface area contributed by atoms with Gasteiger partial charge in [0.25, 0.3) is 0 Å². The Bertz CT molecular complexity index is 687. The molecule has 4 heteroatoms. The second-order valence-corrected chi connectivity index (χ2v) is 6.48. The van der Waals surface area contributed by atoms with Crippen LogP contribution in [0.2, 0.25) is 5.02 Å². The zero-order valence-electron chi connectivity index (χ0n) is 14.3. The first-order chi connectivity index (χ1) is 10.8. The van der Waals surface area contributed by atoms with Crippen molar-refractivity contribution in [3.63, 3.8) is 0 Å². The number of nitrogens with one attached hydrogen (secondary N) is 1. The predicted molar refractivity (Wildman–Crippen MR) is 97.3 cm³/mol. The van der Waals surface area contributed by atoms with Gasteiger partial charge in [-0.3, -0.25) is 0 Å². The van der Waals surface area contributed by atoms with E-state index in [2.05, 4.69) is 24.4 Å². The SMILES string of the molecule is Cc1cc(C)c(NC(=O)N(C)[C@@H](C)c2ccc(Cl)cc2)c(C)c1. The van der Waals surface area contributed by atoms with Gasteiger partial charge >= 0.3 is 6.03 Å². The van der Waals surface area contributed by atoms with Crippen LogP contribution in [-0.4, -0.2) is 18.0 Å². The van der Waals surface area contributed by atoms with Crippen LogP contribution in [0.4, 0.5) is 10.5 Å². The minimum Gasteiger partial charge on any atom is -0.321 e. The third-order valence-electron chi connectivity index (χ3n) is 4.16. The van der Waals surface area contributed by atoms with Crippen molar-refractivity contribution in [3.8, 4) is 0 Å². The van der Waals surface area contributed by atoms with E-state index < -0.39 is 0 Å². The van der Waals surface area contributed by atoms with Crippen LogP contribution in [0.1, 0.15) is 35.2 Å². The smallest absolute Gasteiger partial charge is 0.321 e. The van der Waals surface area contributed by atoms with Gasteiger partial charge in [0.2, 0.25) is 0 Å². The van der Waals surface area contributed by atoms with E-state index in [-0.39, 0.29) is 12.1 Å². The second-order valence-electron chi connectivity index (χ2n) is 6.04. The summed E-state index contributed by atoms with van der Waals surface area (Å²) in [5.74, 6) is 0. The number of carbonyl (C=O) groups is 1. The molecule has 0 heterocycles. The van der Waals surface area contributed by atoms with E-state index in [0.717, 1.165) is 22.4 Å². The largest absolute Gasteiger partial charge is 0.322 e. The number of halogens is 1. The van der Waals surface area contributed by atoms with Gasteiger partial charge in [0, 0.05) is 17.8 Å². The Kier molecular flexibility index (Phi) is 5.32. The maximum atomic E-state index is 12.6. The first kappa shape index (κ1) is 17.4. The molecule has 0 aromatic heterocycles. The van der Waals surface area contributed by atoms with Gasteiger partial charge in [-0.1, -0.05) is 41.4 Å². The second kappa shape index (κ2) is 7.05. The van der Waals surface area contributed by atoms with E-state index >= 15 is 0 Å². The Morgan fingerprint density at radius 2 is 1.61 bits per heavy atom. The number of nitrogens with zero attached hydrogens (tertiary/aromatic N) is 1. The molecule has 0 saturated heterocycles. The molecule has 0 aliphatic rings. The number of hydrogen-bond donors (Lipinski definition) is 1. The predicted octanol–water partition coefficient (Wildman–Crippen LogP) is 5.49. The molecule has 0 bridgehead atoms. The van der Waals surface area contributed by atoms with Crippen molar-refractivity contribution < 1.29 is 4.79 Å². The summed E-state index contributed by atoms with van der Waals surface area (Å²) in [5, 5.41) is 3.72. The molecule has 1 N–H and O–H groups in total. The van der Waals surface area contributed by atoms with Crippen LogP contribution >= 0.6 is 11.6 Å². The van der Waals surface area contributed by atoms with Gasteiger partial charge in [-0.2, -0.15) is 0 Å². The third-order valence-corrected chi connectivity index (χ3v) is 4.41. The Morgan fingerprint density at radius 1 is 1.09 bits per heavy atom. The Hall–Kier alpha value is -2.00. The number of anilines is 1. The van der Waals surface area contributed by atoms with Crippen molar-refractivity contribution in [2.75, 3.05) is 12.4 Å². The Labute approximate surface area is 143 Å². The van der Waals surface area contributed by atoms with E-state index in [1.165, 1.54) is 5.56 Å². The molecule has 0 aliphatic heterocycles. The molecule has 0 fully saturated rings. The van der Waals surface area contributed by atoms with Crippen molar-refractivity contribution in [2.24, 2.45) is 0 Å². The number of benzene rings is 2. The fraction of sp³-hybridized carbons (Fsp3) is 0.316. The maximum absolute atomic E-state index is 12.6. The molecule has 0 spiro atoms. The molecule has 2 rings (SSSR count). The van der Waals surface area contributed by atoms with Crippen molar-refractivity contribution in [1.29, 1.82) is 0 Å². The average molecular weight is 331 g/mol.